The number of alkyl halides is 2. The van der Waals surface area contributed by atoms with Crippen molar-refractivity contribution in [3.8, 4) is 17.6 Å². The van der Waals surface area contributed by atoms with Gasteiger partial charge in [-0.3, -0.25) is 0 Å². The Morgan fingerprint density at radius 2 is 1.72 bits per heavy atom. The van der Waals surface area contributed by atoms with Gasteiger partial charge in [0, 0.05) is 29.5 Å². The molecular weight excluding hydrogens is 521 g/mol. The van der Waals surface area contributed by atoms with E-state index in [9.17, 15) is 30.7 Å². The summed E-state index contributed by atoms with van der Waals surface area (Å²) in [5, 5.41) is 0. The van der Waals surface area contributed by atoms with Crippen molar-refractivity contribution in [3.63, 3.8) is 0 Å². The quantitative estimate of drug-likeness (QED) is 0.146. The molecular formula is C31H23F7O. The van der Waals surface area contributed by atoms with E-state index in [1.807, 2.05) is 18.2 Å². The summed E-state index contributed by atoms with van der Waals surface area (Å²) >= 11 is 0. The van der Waals surface area contributed by atoms with Gasteiger partial charge in [0.05, 0.1) is 5.56 Å². The van der Waals surface area contributed by atoms with Gasteiger partial charge < -0.3 is 4.74 Å². The van der Waals surface area contributed by atoms with Crippen LogP contribution in [0.3, 0.4) is 0 Å². The molecule has 0 N–H and O–H groups in total. The molecule has 0 spiro atoms. The van der Waals surface area contributed by atoms with E-state index in [0.29, 0.717) is 11.6 Å². The number of allylic oxidation sites excluding steroid dienone is 9. The molecule has 4 rings (SSSR count). The zero-order chi connectivity index (χ0) is 28.2. The molecule has 2 aliphatic carbocycles. The van der Waals surface area contributed by atoms with Crippen LogP contribution in [0.2, 0.25) is 0 Å². The zero-order valence-electron chi connectivity index (χ0n) is 20.6. The van der Waals surface area contributed by atoms with Crippen LogP contribution in [0, 0.1) is 41.0 Å². The number of rotatable bonds is 7. The van der Waals surface area contributed by atoms with Gasteiger partial charge in [0.1, 0.15) is 17.4 Å². The third-order valence-corrected chi connectivity index (χ3v) is 6.33. The highest BCUT2D eigenvalue weighted by Crippen LogP contribution is 2.38. The second-order valence-corrected chi connectivity index (χ2v) is 9.11. The van der Waals surface area contributed by atoms with E-state index in [2.05, 4.69) is 29.2 Å². The summed E-state index contributed by atoms with van der Waals surface area (Å²) in [6.07, 6.45) is 9.29. The highest BCUT2D eigenvalue weighted by Gasteiger charge is 2.38. The maximum absolute atomic E-state index is 14.9. The Kier molecular flexibility index (Phi) is 8.49. The van der Waals surface area contributed by atoms with E-state index < -0.39 is 52.4 Å². The predicted molar refractivity (Wildman–Crippen MR) is 134 cm³/mol. The van der Waals surface area contributed by atoms with Gasteiger partial charge in [-0.2, -0.15) is 8.78 Å². The molecule has 0 saturated carbocycles. The predicted octanol–water partition coefficient (Wildman–Crippen LogP) is 9.11. The summed E-state index contributed by atoms with van der Waals surface area (Å²) in [6, 6.07) is 3.02. The molecule has 0 aliphatic heterocycles. The lowest BCUT2D eigenvalue weighted by Crippen LogP contribution is -2.24. The normalized spacial score (nSPS) is 18.9. The lowest BCUT2D eigenvalue weighted by atomic mass is 9.88. The van der Waals surface area contributed by atoms with Crippen molar-refractivity contribution in [2.24, 2.45) is 5.92 Å². The van der Waals surface area contributed by atoms with E-state index in [0.717, 1.165) is 31.4 Å². The second kappa shape index (κ2) is 11.8. The molecule has 2 aromatic rings. The first-order valence-electron chi connectivity index (χ1n) is 12.2. The van der Waals surface area contributed by atoms with Crippen LogP contribution in [0.1, 0.15) is 42.7 Å². The Bertz CT molecular complexity index is 1430. The van der Waals surface area contributed by atoms with E-state index in [1.54, 1.807) is 6.08 Å². The minimum Gasteiger partial charge on any atom is -0.429 e. The summed E-state index contributed by atoms with van der Waals surface area (Å²) in [4.78, 5) is 0. The van der Waals surface area contributed by atoms with Crippen LogP contribution >= 0.6 is 0 Å². The van der Waals surface area contributed by atoms with Gasteiger partial charge in [-0.25, -0.2) is 22.0 Å². The van der Waals surface area contributed by atoms with Crippen molar-refractivity contribution in [1.82, 2.24) is 0 Å². The summed E-state index contributed by atoms with van der Waals surface area (Å²) in [7, 11) is 0. The van der Waals surface area contributed by atoms with Crippen LogP contribution in [0.4, 0.5) is 30.7 Å². The lowest BCUT2D eigenvalue weighted by molar-refractivity contribution is -0.187. The number of ether oxygens (including phenoxy) is 1. The molecule has 2 aromatic carbocycles. The highest BCUT2D eigenvalue weighted by atomic mass is 19.3. The number of hydrogen-bond acceptors (Lipinski definition) is 1. The third-order valence-electron chi connectivity index (χ3n) is 6.33. The van der Waals surface area contributed by atoms with Gasteiger partial charge in [0.2, 0.25) is 0 Å². The summed E-state index contributed by atoms with van der Waals surface area (Å²) in [6.45, 7) is 3.71. The Labute approximate surface area is 221 Å². The number of benzene rings is 2. The van der Waals surface area contributed by atoms with Crippen molar-refractivity contribution < 1.29 is 35.5 Å². The van der Waals surface area contributed by atoms with Crippen LogP contribution in [0.15, 0.2) is 90.3 Å². The molecule has 2 unspecified atom stereocenters. The number of hydrogen-bond donors (Lipinski definition) is 0. The zero-order valence-corrected chi connectivity index (χ0v) is 20.6. The Morgan fingerprint density at radius 1 is 0.974 bits per heavy atom. The maximum Gasteiger partial charge on any atom is 0.429 e. The molecule has 2 aliphatic rings. The lowest BCUT2D eigenvalue weighted by Gasteiger charge is -2.21. The average Bonchev–Trinajstić information content (AvgIpc) is 2.89. The standard InChI is InChI=1S/C31H23F7O/c1-2-3-4-19-5-7-20(8-6-19)9-10-21-11-13-24(26(32)15-21)22-12-14-25(27(33)16-22)31(37,38)39-23-17-28(34)30(36)29(35)18-23/h2,5-7,11-12,14-18,20,24H,1,3-4,8,13H2. The molecule has 39 heavy (non-hydrogen) atoms. The minimum atomic E-state index is -4.35. The van der Waals surface area contributed by atoms with E-state index >= 15 is 0 Å². The van der Waals surface area contributed by atoms with E-state index in [-0.39, 0.29) is 30.0 Å². The smallest absolute Gasteiger partial charge is 0.429 e. The molecule has 0 bridgehead atoms. The number of halogens is 7. The van der Waals surface area contributed by atoms with Crippen molar-refractivity contribution in [2.45, 2.75) is 37.7 Å². The third kappa shape index (κ3) is 6.72. The van der Waals surface area contributed by atoms with Crippen LogP contribution in [0.25, 0.3) is 0 Å². The van der Waals surface area contributed by atoms with Crippen molar-refractivity contribution in [2.75, 3.05) is 0 Å². The fraction of sp³-hybridized carbons (Fsp3) is 0.226. The first kappa shape index (κ1) is 28.0. The summed E-state index contributed by atoms with van der Waals surface area (Å²) < 4.78 is 103. The highest BCUT2D eigenvalue weighted by molar-refractivity contribution is 5.46. The van der Waals surface area contributed by atoms with E-state index in [1.165, 1.54) is 11.6 Å². The molecule has 8 heteroatoms. The van der Waals surface area contributed by atoms with Gasteiger partial charge in [0.25, 0.3) is 0 Å². The average molecular weight is 545 g/mol. The van der Waals surface area contributed by atoms with Crippen LogP contribution < -0.4 is 4.74 Å². The van der Waals surface area contributed by atoms with Gasteiger partial charge in [-0.05, 0) is 49.5 Å². The molecule has 0 fully saturated rings. The van der Waals surface area contributed by atoms with Crippen LogP contribution in [-0.4, -0.2) is 0 Å². The van der Waals surface area contributed by atoms with Crippen LogP contribution in [0.5, 0.6) is 5.75 Å². The van der Waals surface area contributed by atoms with E-state index in [4.69, 9.17) is 0 Å². The Morgan fingerprint density at radius 3 is 2.33 bits per heavy atom. The SMILES string of the molecule is C=CCCC1=CCC(C#CC2=CCC(c3ccc(C(F)(F)Oc4cc(F)c(F)c(F)c4)c(F)c3)C(F)=C2)C=C1. The van der Waals surface area contributed by atoms with Gasteiger partial charge >= 0.3 is 6.11 Å². The molecule has 2 atom stereocenters. The topological polar surface area (TPSA) is 9.23 Å². The maximum atomic E-state index is 14.9. The van der Waals surface area contributed by atoms with Crippen molar-refractivity contribution >= 4 is 0 Å². The fourth-order valence-electron chi connectivity index (χ4n) is 4.23. The van der Waals surface area contributed by atoms with Crippen LogP contribution in [-0.2, 0) is 6.11 Å². The fourth-order valence-corrected chi connectivity index (χ4v) is 4.23. The molecule has 202 valence electrons. The monoisotopic (exact) mass is 544 g/mol. The summed E-state index contributed by atoms with van der Waals surface area (Å²) in [5.41, 5.74) is 0.560. The molecule has 0 heterocycles. The summed E-state index contributed by atoms with van der Waals surface area (Å²) in [5.74, 6) is -3.23. The first-order chi connectivity index (χ1) is 18.6. The first-order valence-corrected chi connectivity index (χ1v) is 12.2. The largest absolute Gasteiger partial charge is 0.429 e. The Hall–Kier alpha value is -3.99. The molecule has 1 nitrogen and oxygen atoms in total. The van der Waals surface area contributed by atoms with Gasteiger partial charge in [-0.15, -0.1) is 6.58 Å². The molecule has 0 radical (unpaired) electrons. The Balaban J connectivity index is 1.43. The molecule has 0 aromatic heterocycles. The second-order valence-electron chi connectivity index (χ2n) is 9.11. The van der Waals surface area contributed by atoms with Gasteiger partial charge in [-0.1, -0.05) is 53.9 Å². The molecule has 0 saturated heterocycles. The van der Waals surface area contributed by atoms with Crippen molar-refractivity contribution in [1.29, 1.82) is 0 Å². The minimum absolute atomic E-state index is 0.000915. The van der Waals surface area contributed by atoms with Crippen molar-refractivity contribution in [3.05, 3.63) is 125 Å². The van der Waals surface area contributed by atoms with Gasteiger partial charge in [0.15, 0.2) is 17.5 Å². The molecule has 0 amide bonds.